The zero-order chi connectivity index (χ0) is 17.4. The first-order valence-corrected chi connectivity index (χ1v) is 9.03. The lowest BCUT2D eigenvalue weighted by molar-refractivity contribution is 0.255. The van der Waals surface area contributed by atoms with Gasteiger partial charge in [-0.25, -0.2) is 0 Å². The number of hydrogen-bond acceptors (Lipinski definition) is 3. The Morgan fingerprint density at radius 1 is 1.33 bits per heavy atom. The minimum Gasteiger partial charge on any atom is -0.493 e. The molecule has 0 aliphatic carbocycles. The predicted octanol–water partition coefficient (Wildman–Crippen LogP) is 2.06. The van der Waals surface area contributed by atoms with E-state index in [2.05, 4.69) is 59.6 Å². The minimum absolute atomic E-state index is 0.616. The van der Waals surface area contributed by atoms with Crippen LogP contribution in [0.5, 0.6) is 5.75 Å². The van der Waals surface area contributed by atoms with Crippen molar-refractivity contribution in [2.24, 2.45) is 4.99 Å². The molecule has 0 saturated carbocycles. The summed E-state index contributed by atoms with van der Waals surface area (Å²) in [6, 6.07) is 7.13. The Balaban J connectivity index is 1.68. The molecule has 24 heavy (non-hydrogen) atoms. The molecule has 0 radical (unpaired) electrons. The van der Waals surface area contributed by atoms with Crippen LogP contribution in [0.2, 0.25) is 0 Å². The third-order valence-electron chi connectivity index (χ3n) is 4.78. The fraction of sp³-hybridized carbons (Fsp3) is 0.632. The summed E-state index contributed by atoms with van der Waals surface area (Å²) in [6.45, 7) is 8.09. The van der Waals surface area contributed by atoms with Crippen LogP contribution in [-0.4, -0.2) is 57.2 Å². The number of likely N-dealkylation sites (N-methyl/N-ethyl adjacent to an activating group) is 1. The van der Waals surface area contributed by atoms with Crippen LogP contribution in [0.3, 0.4) is 0 Å². The summed E-state index contributed by atoms with van der Waals surface area (Å²) in [6.07, 6.45) is 3.19. The van der Waals surface area contributed by atoms with Gasteiger partial charge in [0.15, 0.2) is 5.96 Å². The Morgan fingerprint density at radius 3 is 2.88 bits per heavy atom. The minimum atomic E-state index is 0.616. The molecule has 0 spiro atoms. The molecule has 1 aliphatic heterocycles. The van der Waals surface area contributed by atoms with Crippen molar-refractivity contribution in [3.8, 4) is 5.75 Å². The second-order valence-electron chi connectivity index (χ2n) is 6.45. The molecule has 1 heterocycles. The summed E-state index contributed by atoms with van der Waals surface area (Å²) < 4.78 is 5.55. The van der Waals surface area contributed by atoms with Crippen molar-refractivity contribution in [1.82, 2.24) is 15.5 Å². The lowest BCUT2D eigenvalue weighted by Crippen LogP contribution is -2.42. The highest BCUT2D eigenvalue weighted by molar-refractivity contribution is 5.79. The van der Waals surface area contributed by atoms with Crippen molar-refractivity contribution in [2.75, 3.05) is 40.3 Å². The molecular formula is C19H32N4O. The third-order valence-corrected chi connectivity index (χ3v) is 4.78. The van der Waals surface area contributed by atoms with E-state index in [4.69, 9.17) is 4.74 Å². The molecule has 0 saturated heterocycles. The summed E-state index contributed by atoms with van der Waals surface area (Å²) >= 11 is 0. The molecule has 2 rings (SSSR count). The first kappa shape index (κ1) is 18.6. The van der Waals surface area contributed by atoms with Crippen LogP contribution in [-0.2, 0) is 12.8 Å². The van der Waals surface area contributed by atoms with Crippen LogP contribution in [0.25, 0.3) is 0 Å². The van der Waals surface area contributed by atoms with Crippen molar-refractivity contribution in [3.05, 3.63) is 29.3 Å². The van der Waals surface area contributed by atoms with E-state index in [0.717, 1.165) is 50.8 Å². The molecular weight excluding hydrogens is 300 g/mol. The van der Waals surface area contributed by atoms with Gasteiger partial charge in [-0.2, -0.15) is 0 Å². The van der Waals surface area contributed by atoms with Crippen molar-refractivity contribution in [1.29, 1.82) is 0 Å². The van der Waals surface area contributed by atoms with Crippen LogP contribution < -0.4 is 15.4 Å². The van der Waals surface area contributed by atoms with Gasteiger partial charge in [-0.05, 0) is 44.0 Å². The average molecular weight is 332 g/mol. The van der Waals surface area contributed by atoms with Crippen LogP contribution in [0.4, 0.5) is 0 Å². The summed E-state index contributed by atoms with van der Waals surface area (Å²) in [4.78, 5) is 6.66. The molecule has 5 heteroatoms. The Labute approximate surface area is 146 Å². The quantitative estimate of drug-likeness (QED) is 0.565. The normalized spacial score (nSPS) is 15.1. The van der Waals surface area contributed by atoms with Crippen molar-refractivity contribution >= 4 is 5.96 Å². The van der Waals surface area contributed by atoms with Gasteiger partial charge in [0.05, 0.1) is 6.61 Å². The molecule has 1 aromatic rings. The van der Waals surface area contributed by atoms with Crippen LogP contribution in [0.15, 0.2) is 23.2 Å². The Hall–Kier alpha value is -1.75. The standard InChI is InChI=1S/C19H32N4O/c1-5-15(2)23(4)12-11-22-19(20-3)21-10-8-16-6-7-18-17(14-16)9-13-24-18/h6-7,14-15H,5,8-13H2,1-4H3,(H2,20,21,22). The molecule has 5 nitrogen and oxygen atoms in total. The molecule has 1 atom stereocenters. The number of fused-ring (bicyclic) bond motifs is 1. The van der Waals surface area contributed by atoms with E-state index in [1.807, 2.05) is 7.05 Å². The highest BCUT2D eigenvalue weighted by Gasteiger charge is 2.11. The van der Waals surface area contributed by atoms with Gasteiger partial charge >= 0.3 is 0 Å². The summed E-state index contributed by atoms with van der Waals surface area (Å²) in [5, 5.41) is 6.78. The average Bonchev–Trinajstić information content (AvgIpc) is 3.07. The maximum atomic E-state index is 5.55. The number of ether oxygens (including phenoxy) is 1. The Bertz CT molecular complexity index is 544. The van der Waals surface area contributed by atoms with E-state index in [1.165, 1.54) is 17.5 Å². The zero-order valence-corrected chi connectivity index (χ0v) is 15.6. The first-order chi connectivity index (χ1) is 11.6. The molecule has 134 valence electrons. The van der Waals surface area contributed by atoms with E-state index in [-0.39, 0.29) is 0 Å². The van der Waals surface area contributed by atoms with E-state index in [9.17, 15) is 0 Å². The van der Waals surface area contributed by atoms with E-state index in [1.54, 1.807) is 0 Å². The van der Waals surface area contributed by atoms with E-state index in [0.29, 0.717) is 6.04 Å². The third kappa shape index (κ3) is 5.41. The lowest BCUT2D eigenvalue weighted by Gasteiger charge is -2.24. The number of benzene rings is 1. The monoisotopic (exact) mass is 332 g/mol. The molecule has 0 fully saturated rings. The van der Waals surface area contributed by atoms with Gasteiger partial charge in [0.1, 0.15) is 5.75 Å². The van der Waals surface area contributed by atoms with Crippen LogP contribution in [0, 0.1) is 0 Å². The number of nitrogens with zero attached hydrogens (tertiary/aromatic N) is 2. The van der Waals surface area contributed by atoms with Crippen molar-refractivity contribution < 1.29 is 4.74 Å². The Kier molecular flexibility index (Phi) is 7.37. The largest absolute Gasteiger partial charge is 0.493 e. The van der Waals surface area contributed by atoms with E-state index < -0.39 is 0 Å². The summed E-state index contributed by atoms with van der Waals surface area (Å²) in [7, 11) is 3.99. The molecule has 2 N–H and O–H groups in total. The second-order valence-corrected chi connectivity index (χ2v) is 6.45. The molecule has 1 aromatic carbocycles. The van der Waals surface area contributed by atoms with Gasteiger partial charge in [-0.15, -0.1) is 0 Å². The molecule has 1 aliphatic rings. The van der Waals surface area contributed by atoms with Gasteiger partial charge in [0.2, 0.25) is 0 Å². The van der Waals surface area contributed by atoms with Gasteiger partial charge in [-0.3, -0.25) is 4.99 Å². The second kappa shape index (κ2) is 9.52. The molecule has 0 aromatic heterocycles. The zero-order valence-electron chi connectivity index (χ0n) is 15.6. The van der Waals surface area contributed by atoms with Gasteiger partial charge < -0.3 is 20.3 Å². The topological polar surface area (TPSA) is 48.9 Å². The Morgan fingerprint density at radius 2 is 2.12 bits per heavy atom. The number of aliphatic imine (C=N–C) groups is 1. The summed E-state index contributed by atoms with van der Waals surface area (Å²) in [5.41, 5.74) is 2.68. The maximum absolute atomic E-state index is 5.55. The van der Waals surface area contributed by atoms with Crippen LogP contribution in [0.1, 0.15) is 31.4 Å². The highest BCUT2D eigenvalue weighted by Crippen LogP contribution is 2.25. The predicted molar refractivity (Wildman–Crippen MR) is 101 cm³/mol. The van der Waals surface area contributed by atoms with Crippen LogP contribution >= 0.6 is 0 Å². The SMILES string of the molecule is CCC(C)N(C)CCNC(=NC)NCCc1ccc2c(c1)CCO2. The first-order valence-electron chi connectivity index (χ1n) is 9.03. The number of nitrogens with one attached hydrogen (secondary N) is 2. The fourth-order valence-corrected chi connectivity index (χ4v) is 2.82. The van der Waals surface area contributed by atoms with Crippen molar-refractivity contribution in [3.63, 3.8) is 0 Å². The van der Waals surface area contributed by atoms with E-state index >= 15 is 0 Å². The number of hydrogen-bond donors (Lipinski definition) is 2. The number of rotatable bonds is 8. The summed E-state index contributed by atoms with van der Waals surface area (Å²) in [5.74, 6) is 1.92. The molecule has 0 bridgehead atoms. The molecule has 1 unspecified atom stereocenters. The maximum Gasteiger partial charge on any atom is 0.191 e. The highest BCUT2D eigenvalue weighted by atomic mass is 16.5. The van der Waals surface area contributed by atoms with Gasteiger partial charge in [0.25, 0.3) is 0 Å². The molecule has 0 amide bonds. The van der Waals surface area contributed by atoms with Gasteiger partial charge in [0, 0.05) is 39.1 Å². The number of guanidine groups is 1. The smallest absolute Gasteiger partial charge is 0.191 e. The fourth-order valence-electron chi connectivity index (χ4n) is 2.82. The van der Waals surface area contributed by atoms with Crippen molar-refractivity contribution in [2.45, 2.75) is 39.2 Å². The van der Waals surface area contributed by atoms with Gasteiger partial charge in [-0.1, -0.05) is 19.1 Å². The lowest BCUT2D eigenvalue weighted by atomic mass is 10.1.